The van der Waals surface area contributed by atoms with Crippen LogP contribution in [0.2, 0.25) is 0 Å². The Morgan fingerprint density at radius 3 is 0.930 bits per heavy atom. The molecule has 260 valence electrons. The summed E-state index contributed by atoms with van der Waals surface area (Å²) in [5, 5.41) is 0. The zero-order valence-corrected chi connectivity index (χ0v) is 32.0. The van der Waals surface area contributed by atoms with Crippen molar-refractivity contribution < 1.29 is 9.53 Å². The first-order valence-corrected chi connectivity index (χ1v) is 22.6. The highest BCUT2D eigenvalue weighted by molar-refractivity contribution is 7.75. The van der Waals surface area contributed by atoms with Crippen LogP contribution in [0.5, 0.6) is 0 Å². The Kier molecular flexibility index (Phi) is 39.9. The average Bonchev–Trinajstić information content (AvgIpc) is 3.01. The van der Waals surface area contributed by atoms with Gasteiger partial charge < -0.3 is 4.74 Å². The molecule has 0 bridgehead atoms. The summed E-state index contributed by atoms with van der Waals surface area (Å²) < 4.78 is 4.75. The molecule has 0 amide bonds. The van der Waals surface area contributed by atoms with Gasteiger partial charge in [-0.1, -0.05) is 150 Å². The molecule has 0 fully saturated rings. The number of esters is 1. The molecule has 0 aliphatic carbocycles. The van der Waals surface area contributed by atoms with E-state index in [-0.39, 0.29) is 5.97 Å². The normalized spacial score (nSPS) is 11.4. The quantitative estimate of drug-likeness (QED) is 0.0411. The Labute approximate surface area is 274 Å². The summed E-state index contributed by atoms with van der Waals surface area (Å²) in [6.07, 6.45) is 45.9. The molecular formula is C40H84O2P+. The van der Waals surface area contributed by atoms with Gasteiger partial charge in [-0.15, -0.1) is 0 Å². The van der Waals surface area contributed by atoms with Crippen LogP contribution in [0.25, 0.3) is 0 Å². The fourth-order valence-electron chi connectivity index (χ4n) is 6.33. The Morgan fingerprint density at radius 1 is 0.372 bits per heavy atom. The van der Waals surface area contributed by atoms with Crippen LogP contribution in [0.1, 0.15) is 221 Å². The topological polar surface area (TPSA) is 26.3 Å². The predicted molar refractivity (Wildman–Crippen MR) is 201 cm³/mol. The van der Waals surface area contributed by atoms with Crippen molar-refractivity contribution in [2.24, 2.45) is 0 Å². The molecule has 0 saturated carbocycles. The minimum atomic E-state index is -0.697. The van der Waals surface area contributed by atoms with Crippen molar-refractivity contribution in [2.75, 3.05) is 31.3 Å². The van der Waals surface area contributed by atoms with E-state index >= 15 is 0 Å². The van der Waals surface area contributed by atoms with E-state index in [4.69, 9.17) is 4.74 Å². The molecule has 0 unspecified atom stereocenters. The highest BCUT2D eigenvalue weighted by Gasteiger charge is 2.34. The molecule has 0 spiro atoms. The maximum Gasteiger partial charge on any atom is 0.305 e. The van der Waals surface area contributed by atoms with Gasteiger partial charge in [-0.25, -0.2) is 0 Å². The van der Waals surface area contributed by atoms with E-state index in [0.29, 0.717) is 13.0 Å². The summed E-state index contributed by atoms with van der Waals surface area (Å²) in [5.41, 5.74) is 0. The van der Waals surface area contributed by atoms with Crippen molar-refractivity contribution in [1.82, 2.24) is 0 Å². The molecule has 0 radical (unpaired) electrons. The molecule has 0 atom stereocenters. The van der Waals surface area contributed by atoms with Crippen molar-refractivity contribution in [3.8, 4) is 0 Å². The smallest absolute Gasteiger partial charge is 0.305 e. The lowest BCUT2D eigenvalue weighted by Crippen LogP contribution is -2.13. The van der Waals surface area contributed by atoms with Gasteiger partial charge in [0, 0.05) is 13.7 Å². The second kappa shape index (κ2) is 38.1. The van der Waals surface area contributed by atoms with Gasteiger partial charge in [-0.05, 0) is 64.7 Å². The number of unbranched alkanes of at least 4 members (excludes halogenated alkanes) is 22. The lowest BCUT2D eigenvalue weighted by molar-refractivity contribution is -0.143. The molecule has 0 heterocycles. The fourth-order valence-corrected chi connectivity index (χ4v) is 11.3. The lowest BCUT2D eigenvalue weighted by Gasteiger charge is -2.28. The molecule has 2 nitrogen and oxygen atoms in total. The Hall–Kier alpha value is -0.100. The zero-order chi connectivity index (χ0) is 32.1. The molecule has 0 aromatic rings. The summed E-state index contributed by atoms with van der Waals surface area (Å²) >= 11 is 0. The lowest BCUT2D eigenvalue weighted by atomic mass is 10.1. The first-order valence-electron chi connectivity index (χ1n) is 20.1. The monoisotopic (exact) mass is 628 g/mol. The number of carbonyl (C=O) groups is 1. The second-order valence-electron chi connectivity index (χ2n) is 13.6. The van der Waals surface area contributed by atoms with E-state index in [0.717, 1.165) is 19.3 Å². The van der Waals surface area contributed by atoms with Gasteiger partial charge in [0.1, 0.15) is 0 Å². The molecule has 0 saturated heterocycles. The van der Waals surface area contributed by atoms with Gasteiger partial charge in [-0.3, -0.25) is 4.79 Å². The van der Waals surface area contributed by atoms with Crippen LogP contribution in [0.3, 0.4) is 0 Å². The van der Waals surface area contributed by atoms with Gasteiger partial charge in [-0.2, -0.15) is 0 Å². The summed E-state index contributed by atoms with van der Waals surface area (Å²) in [6, 6.07) is 0. The third kappa shape index (κ3) is 34.6. The van der Waals surface area contributed by atoms with E-state index in [1.807, 2.05) is 6.92 Å². The first-order chi connectivity index (χ1) is 21.1. The van der Waals surface area contributed by atoms with E-state index in [2.05, 4.69) is 34.6 Å². The van der Waals surface area contributed by atoms with E-state index in [1.54, 1.807) is 50.3 Å². The summed E-state index contributed by atoms with van der Waals surface area (Å²) in [6.45, 7) is 13.9. The average molecular weight is 628 g/mol. The third-order valence-electron chi connectivity index (χ3n) is 9.23. The standard InChI is InChI=1S/C32H68P.C8H16O2/c1-5-9-13-17-18-19-20-21-22-23-24-28-32-33(29-25-14-10-6-2,30-26-15-11-7-3)31-27-16-12-8-4;1-3-5-6-7-8(9)10-4-2/h5-32H2,1-4H3;3-7H2,1-2H3/q+1;. The van der Waals surface area contributed by atoms with Gasteiger partial charge >= 0.3 is 5.97 Å². The van der Waals surface area contributed by atoms with Crippen LogP contribution >= 0.6 is 7.26 Å². The molecule has 0 aromatic heterocycles. The minimum absolute atomic E-state index is 0.0593. The number of hydrogen-bond donors (Lipinski definition) is 0. The minimum Gasteiger partial charge on any atom is -0.466 e. The second-order valence-corrected chi connectivity index (χ2v) is 18.0. The van der Waals surface area contributed by atoms with Gasteiger partial charge in [0.25, 0.3) is 0 Å². The maximum atomic E-state index is 10.7. The summed E-state index contributed by atoms with van der Waals surface area (Å²) in [4.78, 5) is 10.7. The highest BCUT2D eigenvalue weighted by atomic mass is 31.2. The van der Waals surface area contributed by atoms with Crippen LogP contribution in [0, 0.1) is 0 Å². The van der Waals surface area contributed by atoms with Crippen molar-refractivity contribution >= 4 is 13.2 Å². The molecule has 0 aromatic carbocycles. The predicted octanol–water partition coefficient (Wildman–Crippen LogP) is 14.6. The zero-order valence-electron chi connectivity index (χ0n) is 31.1. The summed E-state index contributed by atoms with van der Waals surface area (Å²) in [7, 11) is -0.697. The SMILES string of the molecule is CCCCCC(=O)OCC.CCCCCCCCCCCCCC[P+](CCCCCC)(CCCCCC)CCCCCC. The molecule has 0 aliphatic heterocycles. The number of rotatable bonds is 33. The van der Waals surface area contributed by atoms with Crippen LogP contribution in [0.15, 0.2) is 0 Å². The molecule has 3 heteroatoms. The van der Waals surface area contributed by atoms with E-state index < -0.39 is 7.26 Å². The van der Waals surface area contributed by atoms with Crippen molar-refractivity contribution in [2.45, 2.75) is 221 Å². The number of carbonyl (C=O) groups excluding carboxylic acids is 1. The molecule has 0 aliphatic rings. The highest BCUT2D eigenvalue weighted by Crippen LogP contribution is 2.61. The summed E-state index contributed by atoms with van der Waals surface area (Å²) in [5.74, 6) is -0.0593. The van der Waals surface area contributed by atoms with Gasteiger partial charge in [0.15, 0.2) is 0 Å². The Morgan fingerprint density at radius 2 is 0.628 bits per heavy atom. The van der Waals surface area contributed by atoms with Crippen molar-refractivity contribution in [3.63, 3.8) is 0 Å². The van der Waals surface area contributed by atoms with Gasteiger partial charge in [0.2, 0.25) is 0 Å². The first kappa shape index (κ1) is 45.0. The van der Waals surface area contributed by atoms with Crippen LogP contribution < -0.4 is 0 Å². The Bertz CT molecular complexity index is 489. The Balaban J connectivity index is 0. The molecule has 43 heavy (non-hydrogen) atoms. The van der Waals surface area contributed by atoms with Crippen molar-refractivity contribution in [3.05, 3.63) is 0 Å². The third-order valence-corrected chi connectivity index (χ3v) is 14.3. The maximum absolute atomic E-state index is 10.7. The largest absolute Gasteiger partial charge is 0.466 e. The van der Waals surface area contributed by atoms with Crippen LogP contribution in [-0.2, 0) is 9.53 Å². The molecule has 0 rings (SSSR count). The number of hydrogen-bond acceptors (Lipinski definition) is 2. The van der Waals surface area contributed by atoms with Crippen LogP contribution in [0.4, 0.5) is 0 Å². The van der Waals surface area contributed by atoms with Crippen molar-refractivity contribution in [1.29, 1.82) is 0 Å². The fraction of sp³-hybridized carbons (Fsp3) is 0.975. The van der Waals surface area contributed by atoms with Crippen LogP contribution in [-0.4, -0.2) is 37.2 Å². The van der Waals surface area contributed by atoms with Gasteiger partial charge in [0.05, 0.1) is 31.3 Å². The number of ether oxygens (including phenoxy) is 1. The van der Waals surface area contributed by atoms with E-state index in [1.165, 1.54) is 128 Å². The van der Waals surface area contributed by atoms with E-state index in [9.17, 15) is 4.79 Å². The molecule has 0 N–H and O–H groups in total. The molecular weight excluding hydrogens is 543 g/mol.